The monoisotopic (exact) mass is 582 g/mol. The lowest BCUT2D eigenvalue weighted by atomic mass is 9.49. The predicted molar refractivity (Wildman–Crippen MR) is 134 cm³/mol. The van der Waals surface area contributed by atoms with Crippen LogP contribution in [0.3, 0.4) is 0 Å². The highest BCUT2D eigenvalue weighted by atomic mass is 16.7. The van der Waals surface area contributed by atoms with Crippen molar-refractivity contribution in [2.75, 3.05) is 6.61 Å². The summed E-state index contributed by atoms with van der Waals surface area (Å²) in [6.07, 6.45) is -6.25. The largest absolute Gasteiger partial charge is 0.472 e. The first kappa shape index (κ1) is 29.9. The second-order valence-electron chi connectivity index (χ2n) is 11.8. The van der Waals surface area contributed by atoms with Crippen LogP contribution in [0.25, 0.3) is 0 Å². The molecule has 0 spiro atoms. The van der Waals surface area contributed by atoms with Gasteiger partial charge in [0.15, 0.2) is 6.29 Å². The number of carbonyl (C=O) groups excluding carboxylic acids is 3. The normalized spacial score (nSPS) is 44.2. The molecule has 2 aliphatic carbocycles. The van der Waals surface area contributed by atoms with E-state index in [2.05, 4.69) is 0 Å². The summed E-state index contributed by atoms with van der Waals surface area (Å²) in [6.45, 7) is 3.83. The number of hydrogen-bond donors (Lipinski definition) is 4. The molecule has 4 fully saturated rings. The Balaban J connectivity index is 1.52. The van der Waals surface area contributed by atoms with Gasteiger partial charge in [0, 0.05) is 31.7 Å². The highest BCUT2D eigenvalue weighted by Crippen LogP contribution is 2.61. The van der Waals surface area contributed by atoms with Gasteiger partial charge in [0.2, 0.25) is 0 Å². The smallest absolute Gasteiger partial charge is 0.310 e. The van der Waals surface area contributed by atoms with Crippen molar-refractivity contribution in [3.63, 3.8) is 0 Å². The maximum absolute atomic E-state index is 13.4. The molecule has 0 aromatic carbocycles. The first-order chi connectivity index (χ1) is 19.4. The van der Waals surface area contributed by atoms with E-state index in [1.807, 2.05) is 6.92 Å². The fourth-order valence-electron chi connectivity index (χ4n) is 7.55. The Morgan fingerprint density at radius 1 is 1.05 bits per heavy atom. The van der Waals surface area contributed by atoms with Crippen LogP contribution in [0.15, 0.2) is 23.0 Å². The number of aliphatic hydroxyl groups excluding tert-OH is 4. The molecule has 228 valence electrons. The van der Waals surface area contributed by atoms with Gasteiger partial charge in [-0.2, -0.15) is 0 Å². The summed E-state index contributed by atoms with van der Waals surface area (Å²) in [6, 6.07) is 1.72. The Morgan fingerprint density at radius 3 is 2.41 bits per heavy atom. The average molecular weight is 583 g/mol. The van der Waals surface area contributed by atoms with Gasteiger partial charge in [-0.1, -0.05) is 6.92 Å². The van der Waals surface area contributed by atoms with Crippen molar-refractivity contribution < 1.29 is 62.9 Å². The summed E-state index contributed by atoms with van der Waals surface area (Å²) in [5, 5.41) is 40.9. The number of furan rings is 1. The Kier molecular flexibility index (Phi) is 8.48. The second kappa shape index (κ2) is 11.6. The molecule has 13 atom stereocenters. The molecular weight excluding hydrogens is 544 g/mol. The minimum Gasteiger partial charge on any atom is -0.472 e. The van der Waals surface area contributed by atoms with Gasteiger partial charge in [0.1, 0.15) is 42.7 Å². The Bertz CT molecular complexity index is 1100. The third kappa shape index (κ3) is 5.51. The number of fused-ring (bicyclic) bond motifs is 3. The molecule has 0 bridgehead atoms. The van der Waals surface area contributed by atoms with Crippen LogP contribution in [-0.2, 0) is 38.1 Å². The van der Waals surface area contributed by atoms with E-state index >= 15 is 0 Å². The lowest BCUT2D eigenvalue weighted by Crippen LogP contribution is -2.65. The molecular formula is C28H38O13. The van der Waals surface area contributed by atoms with Crippen LogP contribution in [-0.4, -0.2) is 94.0 Å². The molecule has 2 aliphatic heterocycles. The maximum atomic E-state index is 13.4. The summed E-state index contributed by atoms with van der Waals surface area (Å²) >= 11 is 0. The van der Waals surface area contributed by atoms with Crippen LogP contribution < -0.4 is 0 Å². The van der Waals surface area contributed by atoms with Gasteiger partial charge in [-0.3, -0.25) is 14.4 Å². The standard InChI is InChI=1S/C28H38O13/c1-12(30)37-18-8-17(40-27-24(34)23(33)22(32)20(10-29)41-27)15-4-5-16-26(35)39-19(14-6-7-36-11-14)9-28(16,3)21(15)25(18)38-13(2)31/h6-7,11,15-25,27,29,32-34H,4-5,8-10H2,1-3H3. The molecule has 13 nitrogen and oxygen atoms in total. The third-order valence-corrected chi connectivity index (χ3v) is 9.33. The number of hydrogen-bond acceptors (Lipinski definition) is 13. The van der Waals surface area contributed by atoms with Crippen LogP contribution in [0.2, 0.25) is 0 Å². The van der Waals surface area contributed by atoms with Gasteiger partial charge in [0.05, 0.1) is 31.2 Å². The quantitative estimate of drug-likeness (QED) is 0.266. The molecule has 4 N–H and O–H groups in total. The average Bonchev–Trinajstić information content (AvgIpc) is 3.45. The molecule has 2 saturated heterocycles. The van der Waals surface area contributed by atoms with E-state index in [0.717, 1.165) is 0 Å². The molecule has 5 rings (SSSR count). The molecule has 41 heavy (non-hydrogen) atoms. The Hall–Kier alpha value is -2.55. The van der Waals surface area contributed by atoms with E-state index in [4.69, 9.17) is 28.1 Å². The summed E-state index contributed by atoms with van der Waals surface area (Å²) in [4.78, 5) is 37.9. The number of ether oxygens (including phenoxy) is 5. The van der Waals surface area contributed by atoms with Crippen LogP contribution in [0.4, 0.5) is 0 Å². The molecule has 13 heteroatoms. The molecule has 13 unspecified atom stereocenters. The lowest BCUT2D eigenvalue weighted by Gasteiger charge is -2.59. The molecule has 1 aromatic rings. The molecule has 4 aliphatic rings. The van der Waals surface area contributed by atoms with Gasteiger partial charge in [-0.05, 0) is 36.7 Å². The number of aliphatic hydroxyl groups is 4. The van der Waals surface area contributed by atoms with Crippen LogP contribution >= 0.6 is 0 Å². The highest BCUT2D eigenvalue weighted by molar-refractivity contribution is 5.75. The number of esters is 3. The maximum Gasteiger partial charge on any atom is 0.310 e. The first-order valence-electron chi connectivity index (χ1n) is 14.0. The van der Waals surface area contributed by atoms with Crippen LogP contribution in [0.5, 0.6) is 0 Å². The summed E-state index contributed by atoms with van der Waals surface area (Å²) in [7, 11) is 0. The zero-order valence-electron chi connectivity index (χ0n) is 23.2. The summed E-state index contributed by atoms with van der Waals surface area (Å²) in [5.74, 6) is -2.99. The van der Waals surface area contributed by atoms with E-state index in [-0.39, 0.29) is 18.3 Å². The highest BCUT2D eigenvalue weighted by Gasteiger charge is 2.64. The van der Waals surface area contributed by atoms with Crippen molar-refractivity contribution in [1.29, 1.82) is 0 Å². The minimum atomic E-state index is -1.64. The van der Waals surface area contributed by atoms with E-state index < -0.39 is 90.9 Å². The van der Waals surface area contributed by atoms with Crippen molar-refractivity contribution >= 4 is 17.9 Å². The zero-order valence-corrected chi connectivity index (χ0v) is 23.2. The van der Waals surface area contributed by atoms with Gasteiger partial charge in [0.25, 0.3) is 0 Å². The zero-order chi connectivity index (χ0) is 29.6. The summed E-state index contributed by atoms with van der Waals surface area (Å²) in [5.41, 5.74) is -0.110. The van der Waals surface area contributed by atoms with E-state index in [0.29, 0.717) is 24.8 Å². The molecule has 1 aromatic heterocycles. The van der Waals surface area contributed by atoms with Crippen LogP contribution in [0.1, 0.15) is 58.1 Å². The number of carbonyl (C=O) groups is 3. The predicted octanol–water partition coefficient (Wildman–Crippen LogP) is 0.369. The van der Waals surface area contributed by atoms with Gasteiger partial charge < -0.3 is 48.5 Å². The number of cyclic esters (lactones) is 1. The van der Waals surface area contributed by atoms with E-state index in [1.54, 1.807) is 6.07 Å². The summed E-state index contributed by atoms with van der Waals surface area (Å²) < 4.78 is 34.4. The number of rotatable bonds is 6. The molecule has 2 saturated carbocycles. The van der Waals surface area contributed by atoms with Crippen molar-refractivity contribution in [1.82, 2.24) is 0 Å². The molecule has 0 radical (unpaired) electrons. The van der Waals surface area contributed by atoms with Gasteiger partial charge in [-0.25, -0.2) is 0 Å². The molecule has 0 amide bonds. The topological polar surface area (TPSA) is 191 Å². The van der Waals surface area contributed by atoms with E-state index in [9.17, 15) is 34.8 Å². The van der Waals surface area contributed by atoms with Gasteiger partial charge in [-0.15, -0.1) is 0 Å². The minimum absolute atomic E-state index is 0.0735. The van der Waals surface area contributed by atoms with E-state index in [1.165, 1.54) is 26.4 Å². The van der Waals surface area contributed by atoms with Crippen molar-refractivity contribution in [3.05, 3.63) is 24.2 Å². The van der Waals surface area contributed by atoms with Crippen LogP contribution in [0, 0.1) is 23.2 Å². The van der Waals surface area contributed by atoms with Gasteiger partial charge >= 0.3 is 17.9 Å². The molecule has 3 heterocycles. The fourth-order valence-corrected chi connectivity index (χ4v) is 7.55. The second-order valence-corrected chi connectivity index (χ2v) is 11.8. The first-order valence-corrected chi connectivity index (χ1v) is 14.0. The third-order valence-electron chi connectivity index (χ3n) is 9.33. The SMILES string of the molecule is CC(=O)OC1CC(OC2OC(CO)C(O)C(O)C2O)C2CCC3C(=O)OC(c4ccoc4)CC3(C)C2C1OC(C)=O. The Labute approximate surface area is 236 Å². The van der Waals surface area contributed by atoms with Crippen molar-refractivity contribution in [2.24, 2.45) is 23.2 Å². The van der Waals surface area contributed by atoms with Crippen molar-refractivity contribution in [3.8, 4) is 0 Å². The van der Waals surface area contributed by atoms with Crippen molar-refractivity contribution in [2.45, 2.75) is 102 Å². The lowest BCUT2D eigenvalue weighted by molar-refractivity contribution is -0.328. The Morgan fingerprint density at radius 2 is 1.78 bits per heavy atom. The fraction of sp³-hybridized carbons (Fsp3) is 0.750.